The number of amides is 1. The number of fused-ring (bicyclic) bond motifs is 1. The summed E-state index contributed by atoms with van der Waals surface area (Å²) in [5.41, 5.74) is 0.720. The smallest absolute Gasteiger partial charge is 0.279 e. The molecular formula is C15H10FN3O3S. The molecule has 0 aliphatic heterocycles. The first kappa shape index (κ1) is 15.0. The lowest BCUT2D eigenvalue weighted by molar-refractivity contribution is -0.384. The van der Waals surface area contributed by atoms with Gasteiger partial charge >= 0.3 is 0 Å². The van der Waals surface area contributed by atoms with Gasteiger partial charge < -0.3 is 4.57 Å². The maximum absolute atomic E-state index is 13.2. The molecule has 1 amide bonds. The lowest BCUT2D eigenvalue weighted by atomic mass is 10.2. The minimum atomic E-state index is -0.568. The number of halogens is 1. The van der Waals surface area contributed by atoms with Crippen LogP contribution in [-0.4, -0.2) is 15.4 Å². The highest BCUT2D eigenvalue weighted by molar-refractivity contribution is 7.16. The predicted molar refractivity (Wildman–Crippen MR) is 83.7 cm³/mol. The van der Waals surface area contributed by atoms with E-state index in [0.29, 0.717) is 10.3 Å². The number of carbonyl (C=O) groups is 1. The van der Waals surface area contributed by atoms with E-state index in [9.17, 15) is 19.3 Å². The maximum atomic E-state index is 13.2. The monoisotopic (exact) mass is 331 g/mol. The fraction of sp³-hybridized carbons (Fsp3) is 0.0667. The Morgan fingerprint density at radius 3 is 2.78 bits per heavy atom. The van der Waals surface area contributed by atoms with Crippen LogP contribution in [0.25, 0.3) is 10.2 Å². The van der Waals surface area contributed by atoms with Crippen LogP contribution in [0.2, 0.25) is 0 Å². The van der Waals surface area contributed by atoms with Gasteiger partial charge in [-0.1, -0.05) is 17.4 Å². The van der Waals surface area contributed by atoms with Gasteiger partial charge in [0, 0.05) is 24.7 Å². The SMILES string of the molecule is Cn1c(=NC(=O)c2cccc(F)c2)sc2ccc([N+](=O)[O-])cc21. The van der Waals surface area contributed by atoms with Crippen molar-refractivity contribution < 1.29 is 14.1 Å². The normalized spacial score (nSPS) is 11.8. The second kappa shape index (κ2) is 5.73. The van der Waals surface area contributed by atoms with Crippen LogP contribution in [0.15, 0.2) is 47.5 Å². The summed E-state index contributed by atoms with van der Waals surface area (Å²) >= 11 is 1.23. The average molecular weight is 331 g/mol. The molecule has 0 aliphatic rings. The molecular weight excluding hydrogens is 321 g/mol. The molecule has 23 heavy (non-hydrogen) atoms. The highest BCUT2D eigenvalue weighted by atomic mass is 32.1. The first-order valence-corrected chi connectivity index (χ1v) is 7.36. The predicted octanol–water partition coefficient (Wildman–Crippen LogP) is 3.03. The number of thiazole rings is 1. The highest BCUT2D eigenvalue weighted by Gasteiger charge is 2.11. The van der Waals surface area contributed by atoms with Gasteiger partial charge in [0.2, 0.25) is 0 Å². The molecule has 3 aromatic rings. The molecule has 2 aromatic carbocycles. The summed E-state index contributed by atoms with van der Waals surface area (Å²) in [6, 6.07) is 9.72. The molecule has 0 unspecified atom stereocenters. The molecule has 0 radical (unpaired) electrons. The van der Waals surface area contributed by atoms with Crippen LogP contribution in [-0.2, 0) is 7.05 Å². The average Bonchev–Trinajstić information content (AvgIpc) is 2.83. The van der Waals surface area contributed by atoms with Crippen molar-refractivity contribution in [2.45, 2.75) is 0 Å². The van der Waals surface area contributed by atoms with E-state index in [-0.39, 0.29) is 11.3 Å². The zero-order valence-electron chi connectivity index (χ0n) is 11.9. The number of hydrogen-bond donors (Lipinski definition) is 0. The second-order valence-electron chi connectivity index (χ2n) is 4.78. The van der Waals surface area contributed by atoms with Crippen LogP contribution < -0.4 is 4.80 Å². The Bertz CT molecular complexity index is 1010. The van der Waals surface area contributed by atoms with Crippen LogP contribution in [0.4, 0.5) is 10.1 Å². The number of rotatable bonds is 2. The molecule has 0 N–H and O–H groups in total. The van der Waals surface area contributed by atoms with Crippen molar-refractivity contribution in [2.24, 2.45) is 12.0 Å². The van der Waals surface area contributed by atoms with E-state index in [4.69, 9.17) is 0 Å². The Hall–Kier alpha value is -2.87. The first-order valence-electron chi connectivity index (χ1n) is 6.54. The Balaban J connectivity index is 2.11. The Morgan fingerprint density at radius 2 is 2.09 bits per heavy atom. The Labute approximate surface area is 133 Å². The van der Waals surface area contributed by atoms with Crippen molar-refractivity contribution in [3.63, 3.8) is 0 Å². The van der Waals surface area contributed by atoms with E-state index in [2.05, 4.69) is 4.99 Å². The third-order valence-electron chi connectivity index (χ3n) is 3.27. The van der Waals surface area contributed by atoms with Crippen molar-refractivity contribution in [2.75, 3.05) is 0 Å². The molecule has 116 valence electrons. The molecule has 0 fully saturated rings. The zero-order chi connectivity index (χ0) is 16.6. The van der Waals surface area contributed by atoms with E-state index in [0.717, 1.165) is 10.8 Å². The molecule has 6 nitrogen and oxygen atoms in total. The molecule has 0 bridgehead atoms. The summed E-state index contributed by atoms with van der Waals surface area (Å²) in [6.07, 6.45) is 0. The summed E-state index contributed by atoms with van der Waals surface area (Å²) in [5, 5.41) is 10.8. The van der Waals surface area contributed by atoms with E-state index >= 15 is 0 Å². The summed E-state index contributed by atoms with van der Waals surface area (Å²) in [4.78, 5) is 26.9. The molecule has 1 aromatic heterocycles. The zero-order valence-corrected chi connectivity index (χ0v) is 12.7. The number of aromatic nitrogens is 1. The van der Waals surface area contributed by atoms with Crippen molar-refractivity contribution >= 4 is 33.1 Å². The number of non-ortho nitro benzene ring substituents is 1. The summed E-state index contributed by atoms with van der Waals surface area (Å²) < 4.78 is 15.5. The number of benzene rings is 2. The minimum Gasteiger partial charge on any atom is -0.319 e. The molecule has 0 atom stereocenters. The molecule has 3 rings (SSSR count). The maximum Gasteiger partial charge on any atom is 0.279 e. The fourth-order valence-electron chi connectivity index (χ4n) is 2.11. The lowest BCUT2D eigenvalue weighted by Gasteiger charge is -1.96. The summed E-state index contributed by atoms with van der Waals surface area (Å²) in [7, 11) is 1.67. The lowest BCUT2D eigenvalue weighted by Crippen LogP contribution is -2.13. The van der Waals surface area contributed by atoms with Gasteiger partial charge in [0.05, 0.1) is 15.1 Å². The van der Waals surface area contributed by atoms with Gasteiger partial charge in [-0.25, -0.2) is 4.39 Å². The van der Waals surface area contributed by atoms with Crippen molar-refractivity contribution in [3.05, 3.63) is 68.8 Å². The van der Waals surface area contributed by atoms with Gasteiger partial charge in [-0.05, 0) is 24.3 Å². The Kier molecular flexibility index (Phi) is 3.75. The minimum absolute atomic E-state index is 0.0334. The van der Waals surface area contributed by atoms with Gasteiger partial charge in [0.1, 0.15) is 5.82 Å². The number of nitro benzene ring substituents is 1. The van der Waals surface area contributed by atoms with Crippen LogP contribution in [0.3, 0.4) is 0 Å². The number of hydrogen-bond acceptors (Lipinski definition) is 4. The topological polar surface area (TPSA) is 77.5 Å². The third kappa shape index (κ3) is 2.88. The summed E-state index contributed by atoms with van der Waals surface area (Å²) in [6.45, 7) is 0. The molecule has 0 saturated heterocycles. The molecule has 8 heteroatoms. The largest absolute Gasteiger partial charge is 0.319 e. The van der Waals surface area contributed by atoms with Crippen LogP contribution in [0, 0.1) is 15.9 Å². The van der Waals surface area contributed by atoms with Gasteiger partial charge in [0.25, 0.3) is 11.6 Å². The Morgan fingerprint density at radius 1 is 1.30 bits per heavy atom. The quantitative estimate of drug-likeness (QED) is 0.535. The fourth-order valence-corrected chi connectivity index (χ4v) is 3.11. The van der Waals surface area contributed by atoms with E-state index in [1.54, 1.807) is 17.7 Å². The number of aryl methyl sites for hydroxylation is 1. The number of nitro groups is 1. The van der Waals surface area contributed by atoms with E-state index < -0.39 is 16.6 Å². The van der Waals surface area contributed by atoms with Gasteiger partial charge in [-0.2, -0.15) is 4.99 Å². The number of carbonyl (C=O) groups excluding carboxylic acids is 1. The molecule has 0 saturated carbocycles. The van der Waals surface area contributed by atoms with Crippen molar-refractivity contribution in [1.29, 1.82) is 0 Å². The van der Waals surface area contributed by atoms with Gasteiger partial charge in [-0.3, -0.25) is 14.9 Å². The summed E-state index contributed by atoms with van der Waals surface area (Å²) in [5.74, 6) is -1.08. The molecule has 1 heterocycles. The van der Waals surface area contributed by atoms with Crippen LogP contribution in [0.1, 0.15) is 10.4 Å². The standard InChI is InChI=1S/C15H10FN3O3S/c1-18-12-8-11(19(21)22)5-6-13(12)23-15(18)17-14(20)9-3-2-4-10(16)7-9/h2-8H,1H3. The van der Waals surface area contributed by atoms with Crippen molar-refractivity contribution in [1.82, 2.24) is 4.57 Å². The van der Waals surface area contributed by atoms with E-state index in [1.807, 2.05) is 0 Å². The van der Waals surface area contributed by atoms with Gasteiger partial charge in [-0.15, -0.1) is 0 Å². The van der Waals surface area contributed by atoms with Gasteiger partial charge in [0.15, 0.2) is 4.80 Å². The van der Waals surface area contributed by atoms with Crippen LogP contribution in [0.5, 0.6) is 0 Å². The molecule has 0 spiro atoms. The third-order valence-corrected chi connectivity index (χ3v) is 4.38. The molecule has 0 aliphatic carbocycles. The van der Waals surface area contributed by atoms with Crippen LogP contribution >= 0.6 is 11.3 Å². The number of nitrogens with zero attached hydrogens (tertiary/aromatic N) is 3. The van der Waals surface area contributed by atoms with Crippen molar-refractivity contribution in [3.8, 4) is 0 Å². The first-order chi connectivity index (χ1) is 11.0. The van der Waals surface area contributed by atoms with E-state index in [1.165, 1.54) is 41.7 Å². The second-order valence-corrected chi connectivity index (χ2v) is 5.79. The highest BCUT2D eigenvalue weighted by Crippen LogP contribution is 2.22.